The Labute approximate surface area is 118 Å². The van der Waals surface area contributed by atoms with E-state index in [4.69, 9.17) is 15.8 Å². The second kappa shape index (κ2) is 8.16. The number of oxime groups is 1. The van der Waals surface area contributed by atoms with Gasteiger partial charge in [0.05, 0.1) is 12.8 Å². The summed E-state index contributed by atoms with van der Waals surface area (Å²) in [5.41, 5.74) is 7.05. The molecular weight excluding hydrogens is 258 g/mol. The van der Waals surface area contributed by atoms with Gasteiger partial charge in [-0.25, -0.2) is 9.86 Å². The predicted molar refractivity (Wildman–Crippen MR) is 76.6 cm³/mol. The van der Waals surface area contributed by atoms with Crippen LogP contribution < -0.4 is 5.73 Å². The summed E-state index contributed by atoms with van der Waals surface area (Å²) in [5.74, 6) is 0.629. The molecule has 0 aromatic heterocycles. The summed E-state index contributed by atoms with van der Waals surface area (Å²) in [6.07, 6.45) is 2.62. The van der Waals surface area contributed by atoms with E-state index >= 15 is 0 Å². The third-order valence-corrected chi connectivity index (χ3v) is 2.55. The molecule has 6 heteroatoms. The van der Waals surface area contributed by atoms with Crippen molar-refractivity contribution >= 4 is 12.2 Å². The number of amides is 2. The number of carbonyl (C=O) groups is 1. The number of nitrogens with two attached hydrogens (primary N) is 1. The highest BCUT2D eigenvalue weighted by atomic mass is 16.6. The van der Waals surface area contributed by atoms with E-state index in [1.807, 2.05) is 12.1 Å². The van der Waals surface area contributed by atoms with Gasteiger partial charge in [0.1, 0.15) is 6.61 Å². The maximum Gasteiger partial charge on any atom is 0.338 e. The van der Waals surface area contributed by atoms with Crippen LogP contribution in [-0.2, 0) is 11.3 Å². The smallest absolute Gasteiger partial charge is 0.338 e. The Morgan fingerprint density at radius 2 is 2.10 bits per heavy atom. The lowest BCUT2D eigenvalue weighted by molar-refractivity contribution is -0.0559. The minimum atomic E-state index is -0.918. The van der Waals surface area contributed by atoms with E-state index in [2.05, 4.69) is 31.1 Å². The lowest BCUT2D eigenvalue weighted by Gasteiger charge is -2.09. The number of hydrogen-bond acceptors (Lipinski definition) is 4. The number of hydrogen-bond donors (Lipinski definition) is 2. The standard InChI is InChI=1S/C14H21N3O3/c1-11(2)9-12-3-5-13(6-4-12)10-16-20-8-7-17(19)14(15)18/h3-6,10-11,19H,7-9H2,1-2H3,(H2,15,18)/b16-10+. The molecule has 0 unspecified atom stereocenters. The zero-order valence-corrected chi connectivity index (χ0v) is 11.8. The highest BCUT2D eigenvalue weighted by Crippen LogP contribution is 2.08. The largest absolute Gasteiger partial charge is 0.394 e. The van der Waals surface area contributed by atoms with Gasteiger partial charge in [-0.15, -0.1) is 0 Å². The van der Waals surface area contributed by atoms with Crippen LogP contribution in [-0.4, -0.2) is 35.7 Å². The van der Waals surface area contributed by atoms with E-state index in [9.17, 15) is 4.79 Å². The first-order valence-corrected chi connectivity index (χ1v) is 6.49. The van der Waals surface area contributed by atoms with Crippen molar-refractivity contribution in [2.45, 2.75) is 20.3 Å². The molecule has 0 radical (unpaired) electrons. The van der Waals surface area contributed by atoms with Crippen LogP contribution in [0.4, 0.5) is 4.79 Å². The molecule has 0 aliphatic carbocycles. The van der Waals surface area contributed by atoms with Gasteiger partial charge < -0.3 is 10.6 Å². The van der Waals surface area contributed by atoms with Crippen LogP contribution >= 0.6 is 0 Å². The molecule has 2 amide bonds. The van der Waals surface area contributed by atoms with Gasteiger partial charge in [0.15, 0.2) is 0 Å². The van der Waals surface area contributed by atoms with Gasteiger partial charge in [0.25, 0.3) is 0 Å². The number of benzene rings is 1. The maximum atomic E-state index is 10.5. The van der Waals surface area contributed by atoms with Gasteiger partial charge in [0, 0.05) is 0 Å². The molecular formula is C14H21N3O3. The van der Waals surface area contributed by atoms with Gasteiger partial charge in [-0.2, -0.15) is 0 Å². The number of rotatable bonds is 7. The highest BCUT2D eigenvalue weighted by molar-refractivity contribution is 5.79. The van der Waals surface area contributed by atoms with Gasteiger partial charge in [-0.05, 0) is 23.5 Å². The second-order valence-electron chi connectivity index (χ2n) is 4.87. The molecule has 0 fully saturated rings. The molecule has 110 valence electrons. The van der Waals surface area contributed by atoms with Crippen LogP contribution in [0.25, 0.3) is 0 Å². The molecule has 1 aromatic rings. The van der Waals surface area contributed by atoms with Crippen LogP contribution in [0.2, 0.25) is 0 Å². The van der Waals surface area contributed by atoms with Gasteiger partial charge in [-0.3, -0.25) is 5.21 Å². The third kappa shape index (κ3) is 6.19. The van der Waals surface area contributed by atoms with Crippen molar-refractivity contribution in [1.82, 2.24) is 5.06 Å². The van der Waals surface area contributed by atoms with Gasteiger partial charge >= 0.3 is 6.03 Å². The summed E-state index contributed by atoms with van der Waals surface area (Å²) in [5, 5.41) is 13.1. The predicted octanol–water partition coefficient (Wildman–Crippen LogP) is 2.01. The molecule has 0 saturated heterocycles. The minimum Gasteiger partial charge on any atom is -0.394 e. The Morgan fingerprint density at radius 1 is 1.45 bits per heavy atom. The fourth-order valence-corrected chi connectivity index (χ4v) is 1.60. The first-order chi connectivity index (χ1) is 9.49. The van der Waals surface area contributed by atoms with E-state index in [0.29, 0.717) is 11.0 Å². The van der Waals surface area contributed by atoms with E-state index < -0.39 is 6.03 Å². The van der Waals surface area contributed by atoms with Crippen molar-refractivity contribution in [2.24, 2.45) is 16.8 Å². The van der Waals surface area contributed by atoms with Crippen molar-refractivity contribution in [2.75, 3.05) is 13.2 Å². The van der Waals surface area contributed by atoms with Crippen LogP contribution in [0.1, 0.15) is 25.0 Å². The monoisotopic (exact) mass is 279 g/mol. The summed E-state index contributed by atoms with van der Waals surface area (Å²) in [7, 11) is 0. The number of nitrogens with zero attached hydrogens (tertiary/aromatic N) is 2. The summed E-state index contributed by atoms with van der Waals surface area (Å²) >= 11 is 0. The molecule has 0 heterocycles. The first-order valence-electron chi connectivity index (χ1n) is 6.49. The normalized spacial score (nSPS) is 11.0. The van der Waals surface area contributed by atoms with E-state index in [0.717, 1.165) is 12.0 Å². The molecule has 0 saturated carbocycles. The van der Waals surface area contributed by atoms with Crippen molar-refractivity contribution in [3.05, 3.63) is 35.4 Å². The molecule has 0 atom stereocenters. The molecule has 0 spiro atoms. The Bertz CT molecular complexity index is 443. The molecule has 0 bridgehead atoms. The lowest BCUT2D eigenvalue weighted by Crippen LogP contribution is -2.34. The summed E-state index contributed by atoms with van der Waals surface area (Å²) in [6.45, 7) is 4.40. The molecule has 0 aliphatic rings. The Balaban J connectivity index is 2.33. The number of urea groups is 1. The zero-order valence-electron chi connectivity index (χ0n) is 11.8. The minimum absolute atomic E-state index is 0.0278. The summed E-state index contributed by atoms with van der Waals surface area (Å²) in [4.78, 5) is 15.4. The third-order valence-electron chi connectivity index (χ3n) is 2.55. The number of hydroxylamine groups is 2. The second-order valence-corrected chi connectivity index (χ2v) is 4.87. The zero-order chi connectivity index (χ0) is 15.0. The van der Waals surface area contributed by atoms with Crippen LogP contribution in [0.3, 0.4) is 0 Å². The van der Waals surface area contributed by atoms with E-state index in [1.165, 1.54) is 5.56 Å². The molecule has 1 rings (SSSR count). The molecule has 20 heavy (non-hydrogen) atoms. The lowest BCUT2D eigenvalue weighted by atomic mass is 10.0. The van der Waals surface area contributed by atoms with E-state index in [-0.39, 0.29) is 13.2 Å². The molecule has 0 aliphatic heterocycles. The average molecular weight is 279 g/mol. The Morgan fingerprint density at radius 3 is 2.65 bits per heavy atom. The SMILES string of the molecule is CC(C)Cc1ccc(/C=N/OCCN(O)C(N)=O)cc1. The topological polar surface area (TPSA) is 88.2 Å². The van der Waals surface area contributed by atoms with E-state index in [1.54, 1.807) is 6.21 Å². The quantitative estimate of drug-likeness (QED) is 0.346. The van der Waals surface area contributed by atoms with Crippen molar-refractivity contribution in [3.8, 4) is 0 Å². The highest BCUT2D eigenvalue weighted by Gasteiger charge is 2.03. The first kappa shape index (κ1) is 16.0. The van der Waals surface area contributed by atoms with Crippen molar-refractivity contribution in [3.63, 3.8) is 0 Å². The summed E-state index contributed by atoms with van der Waals surface area (Å²) in [6, 6.07) is 7.13. The fraction of sp³-hybridized carbons (Fsp3) is 0.429. The Kier molecular flexibility index (Phi) is 6.52. The van der Waals surface area contributed by atoms with Crippen molar-refractivity contribution in [1.29, 1.82) is 0 Å². The average Bonchev–Trinajstić information content (AvgIpc) is 2.39. The number of primary amides is 1. The van der Waals surface area contributed by atoms with Crippen LogP contribution in [0.5, 0.6) is 0 Å². The molecule has 1 aromatic carbocycles. The fourth-order valence-electron chi connectivity index (χ4n) is 1.60. The molecule has 3 N–H and O–H groups in total. The van der Waals surface area contributed by atoms with Gasteiger partial charge in [-0.1, -0.05) is 43.3 Å². The Hall–Kier alpha value is -2.08. The van der Waals surface area contributed by atoms with Crippen LogP contribution in [0.15, 0.2) is 29.4 Å². The van der Waals surface area contributed by atoms with Crippen molar-refractivity contribution < 1.29 is 14.8 Å². The molecule has 6 nitrogen and oxygen atoms in total. The van der Waals surface area contributed by atoms with Crippen LogP contribution in [0, 0.1) is 5.92 Å². The number of carbonyl (C=O) groups excluding carboxylic acids is 1. The maximum absolute atomic E-state index is 10.5. The summed E-state index contributed by atoms with van der Waals surface area (Å²) < 4.78 is 0. The van der Waals surface area contributed by atoms with Gasteiger partial charge in [0.2, 0.25) is 0 Å².